The Morgan fingerprint density at radius 2 is 1.80 bits per heavy atom. The molecule has 0 aromatic rings. The summed E-state index contributed by atoms with van der Waals surface area (Å²) in [6, 6.07) is 0. The molecule has 0 unspecified atom stereocenters. The Morgan fingerprint density at radius 1 is 1.30 bits per heavy atom. The molecule has 0 saturated carbocycles. The molecule has 0 aromatic heterocycles. The molecule has 118 valence electrons. The van der Waals surface area contributed by atoms with Crippen molar-refractivity contribution in [2.24, 2.45) is 0 Å². The van der Waals surface area contributed by atoms with E-state index in [0.717, 1.165) is 11.4 Å². The monoisotopic (exact) mass is 343 g/mol. The van der Waals surface area contributed by atoms with Crippen LogP contribution in [0.15, 0.2) is 0 Å². The van der Waals surface area contributed by atoms with Crippen LogP contribution in [-0.2, 0) is 30.4 Å². The van der Waals surface area contributed by atoms with Gasteiger partial charge in [-0.2, -0.15) is 0 Å². The third kappa shape index (κ3) is 6.54. The minimum Gasteiger partial charge on any atom is -0.480 e. The first-order valence-electron chi connectivity index (χ1n) is 6.31. The molecule has 9 heteroatoms. The van der Waals surface area contributed by atoms with Crippen molar-refractivity contribution >= 4 is 40.8 Å². The second-order valence-electron chi connectivity index (χ2n) is 4.10. The first-order chi connectivity index (χ1) is 9.23. The maximum absolute atomic E-state index is 11.8. The predicted octanol–water partition coefficient (Wildman–Crippen LogP) is 2.39. The number of carbonyl (C=O) groups is 2. The van der Waals surface area contributed by atoms with Crippen LogP contribution < -0.4 is 5.32 Å². The summed E-state index contributed by atoms with van der Waals surface area (Å²) in [5.41, 5.74) is -3.80. The quantitative estimate of drug-likeness (QED) is 0.589. The average Bonchev–Trinajstić information content (AvgIpc) is 2.37. The highest BCUT2D eigenvalue weighted by Gasteiger charge is 2.33. The van der Waals surface area contributed by atoms with E-state index in [2.05, 4.69) is 5.32 Å². The third-order valence-electron chi connectivity index (χ3n) is 2.52. The average molecular weight is 343 g/mol. The zero-order valence-electron chi connectivity index (χ0n) is 12.2. The minimum absolute atomic E-state index is 0.0140. The van der Waals surface area contributed by atoms with E-state index in [0.29, 0.717) is 19.6 Å². The second kappa shape index (κ2) is 9.00. The van der Waals surface area contributed by atoms with Gasteiger partial charge in [0.2, 0.25) is 11.6 Å². The molecule has 0 aliphatic carbocycles. The highest BCUT2D eigenvalue weighted by atomic mass is 32.9. The number of rotatable bonds is 10. The zero-order valence-corrected chi connectivity index (χ0v) is 14.7. The van der Waals surface area contributed by atoms with Crippen molar-refractivity contribution < 1.29 is 23.7 Å². The van der Waals surface area contributed by atoms with Gasteiger partial charge in [-0.3, -0.25) is 4.79 Å². The molecule has 0 aromatic carbocycles. The maximum Gasteiger partial charge on any atom is 0.329 e. The van der Waals surface area contributed by atoms with Gasteiger partial charge in [0.15, 0.2) is 0 Å². The highest BCUT2D eigenvalue weighted by molar-refractivity contribution is 8.68. The largest absolute Gasteiger partial charge is 0.480 e. The molecule has 0 rings (SSSR count). The van der Waals surface area contributed by atoms with Gasteiger partial charge in [-0.05, 0) is 39.0 Å². The summed E-state index contributed by atoms with van der Waals surface area (Å²) in [6.45, 7) is 7.60. The number of hydrogen-bond donors (Lipinski definition) is 2. The summed E-state index contributed by atoms with van der Waals surface area (Å²) in [4.78, 5) is 23.0. The Morgan fingerprint density at radius 3 is 2.15 bits per heavy atom. The van der Waals surface area contributed by atoms with Crippen LogP contribution in [0.2, 0.25) is 0 Å². The SMILES string of the molecule is CCOP(=S)(OCC)SCC(=O)N[C@](C)(CC)C(=O)O. The molecule has 0 bridgehead atoms. The van der Waals surface area contributed by atoms with Crippen LogP contribution >= 0.6 is 17.1 Å². The molecule has 1 atom stereocenters. The van der Waals surface area contributed by atoms with Crippen molar-refractivity contribution in [3.05, 3.63) is 0 Å². The molecule has 2 N–H and O–H groups in total. The summed E-state index contributed by atoms with van der Waals surface area (Å²) in [5, 5.41) is 11.6. The smallest absolute Gasteiger partial charge is 0.329 e. The van der Waals surface area contributed by atoms with E-state index in [-0.39, 0.29) is 5.75 Å². The topological polar surface area (TPSA) is 84.9 Å². The normalized spacial score (nSPS) is 14.6. The van der Waals surface area contributed by atoms with Gasteiger partial charge in [0.05, 0.1) is 19.0 Å². The third-order valence-corrected chi connectivity index (χ3v) is 7.93. The van der Waals surface area contributed by atoms with E-state index in [1.54, 1.807) is 20.8 Å². The molecule has 6 nitrogen and oxygen atoms in total. The zero-order chi connectivity index (χ0) is 15.8. The number of nitrogens with one attached hydrogen (secondary N) is 1. The van der Waals surface area contributed by atoms with Gasteiger partial charge in [0, 0.05) is 0 Å². The van der Waals surface area contributed by atoms with Gasteiger partial charge in [-0.15, -0.1) is 0 Å². The Labute approximate surface area is 128 Å². The fourth-order valence-electron chi connectivity index (χ4n) is 1.20. The van der Waals surface area contributed by atoms with E-state index in [4.69, 9.17) is 26.0 Å². The lowest BCUT2D eigenvalue weighted by molar-refractivity contribution is -0.146. The van der Waals surface area contributed by atoms with Crippen LogP contribution in [0.3, 0.4) is 0 Å². The van der Waals surface area contributed by atoms with Gasteiger partial charge < -0.3 is 19.5 Å². The molecule has 0 radical (unpaired) electrons. The van der Waals surface area contributed by atoms with Crippen LogP contribution in [0.1, 0.15) is 34.1 Å². The van der Waals surface area contributed by atoms with Crippen LogP contribution in [-0.4, -0.2) is 41.5 Å². The molecule has 0 fully saturated rings. The minimum atomic E-state index is -2.53. The van der Waals surface area contributed by atoms with E-state index < -0.39 is 23.1 Å². The summed E-state index contributed by atoms with van der Waals surface area (Å²) < 4.78 is 10.8. The molecule has 0 heterocycles. The molecule has 20 heavy (non-hydrogen) atoms. The van der Waals surface area contributed by atoms with Gasteiger partial charge in [-0.1, -0.05) is 18.3 Å². The fourth-order valence-corrected chi connectivity index (χ4v) is 5.42. The lowest BCUT2D eigenvalue weighted by atomic mass is 9.99. The fraction of sp³-hybridized carbons (Fsp3) is 0.818. The number of carbonyl (C=O) groups excluding carboxylic acids is 1. The van der Waals surface area contributed by atoms with Crippen molar-refractivity contribution in [1.29, 1.82) is 0 Å². The Bertz CT molecular complexity index is 383. The number of carboxylic acids is 1. The summed E-state index contributed by atoms with van der Waals surface area (Å²) in [7, 11) is 0. The molecule has 0 aliphatic rings. The Hall–Kier alpha value is -0.140. The number of carboxylic acid groups (broad SMARTS) is 1. The van der Waals surface area contributed by atoms with Gasteiger partial charge in [0.1, 0.15) is 5.54 Å². The van der Waals surface area contributed by atoms with Crippen molar-refractivity contribution in [3.8, 4) is 0 Å². The van der Waals surface area contributed by atoms with Crippen LogP contribution in [0, 0.1) is 0 Å². The molecular formula is C11H22NO5PS2. The standard InChI is InChI=1S/C11H22NO5PS2/c1-5-11(4,10(14)15)12-9(13)8-20-18(19,16-6-2)17-7-3/h5-8H2,1-4H3,(H,12,13)(H,14,15)/t11-/m1/s1. The van der Waals surface area contributed by atoms with Crippen LogP contribution in [0.4, 0.5) is 0 Å². The Kier molecular flexibility index (Phi) is 8.93. The Balaban J connectivity index is 4.54. The molecule has 1 amide bonds. The molecule has 0 spiro atoms. The molecular weight excluding hydrogens is 321 g/mol. The van der Waals surface area contributed by atoms with Gasteiger partial charge in [-0.25, -0.2) is 4.79 Å². The van der Waals surface area contributed by atoms with E-state index in [9.17, 15) is 9.59 Å². The van der Waals surface area contributed by atoms with Crippen molar-refractivity contribution in [2.45, 2.75) is 39.7 Å². The highest BCUT2D eigenvalue weighted by Crippen LogP contribution is 2.60. The summed E-state index contributed by atoms with van der Waals surface area (Å²) in [6.07, 6.45) is 0.295. The van der Waals surface area contributed by atoms with Crippen molar-refractivity contribution in [1.82, 2.24) is 5.32 Å². The summed E-state index contributed by atoms with van der Waals surface area (Å²) >= 11 is 6.39. The lowest BCUT2D eigenvalue weighted by Crippen LogP contribution is -2.52. The van der Waals surface area contributed by atoms with Gasteiger partial charge in [0.25, 0.3) is 0 Å². The van der Waals surface area contributed by atoms with Crippen molar-refractivity contribution in [3.63, 3.8) is 0 Å². The van der Waals surface area contributed by atoms with Crippen LogP contribution in [0.5, 0.6) is 0 Å². The van der Waals surface area contributed by atoms with Crippen LogP contribution in [0.25, 0.3) is 0 Å². The predicted molar refractivity (Wildman–Crippen MR) is 84.5 cm³/mol. The van der Waals surface area contributed by atoms with E-state index in [1.165, 1.54) is 6.92 Å². The van der Waals surface area contributed by atoms with Gasteiger partial charge >= 0.3 is 5.97 Å². The van der Waals surface area contributed by atoms with E-state index >= 15 is 0 Å². The first-order valence-corrected chi connectivity index (χ1v) is 10.5. The number of amides is 1. The molecule has 0 saturated heterocycles. The van der Waals surface area contributed by atoms with Crippen molar-refractivity contribution in [2.75, 3.05) is 19.0 Å². The number of hydrogen-bond acceptors (Lipinski definition) is 6. The molecule has 0 aliphatic heterocycles. The lowest BCUT2D eigenvalue weighted by Gasteiger charge is -2.25. The summed E-state index contributed by atoms with van der Waals surface area (Å²) in [5.74, 6) is -1.44. The maximum atomic E-state index is 11.8. The number of aliphatic carboxylic acids is 1. The van der Waals surface area contributed by atoms with E-state index in [1.807, 2.05) is 0 Å². The second-order valence-corrected chi connectivity index (χ2v) is 10.4. The first kappa shape index (κ1) is 19.9.